The van der Waals surface area contributed by atoms with Crippen LogP contribution < -0.4 is 0 Å². The zero-order valence-corrected chi connectivity index (χ0v) is 15.9. The predicted molar refractivity (Wildman–Crippen MR) is 102 cm³/mol. The molecule has 1 N–H and O–H groups in total. The Morgan fingerprint density at radius 1 is 1.21 bits per heavy atom. The average molecular weight is 406 g/mol. The normalized spacial score (nSPS) is 19.9. The van der Waals surface area contributed by atoms with Crippen molar-refractivity contribution < 1.29 is 22.3 Å². The molecule has 0 bridgehead atoms. The van der Waals surface area contributed by atoms with Crippen molar-refractivity contribution in [1.29, 1.82) is 0 Å². The molecule has 0 spiro atoms. The number of imidazole rings is 1. The SMILES string of the molecule is O=S1(=O)CC[C@@H](Cc2nc3ccccc3n2C[C@@H](O)c2ccc(F)cc2F)C1. The molecule has 28 heavy (non-hydrogen) atoms. The van der Waals surface area contributed by atoms with E-state index in [9.17, 15) is 22.3 Å². The molecule has 1 aliphatic heterocycles. The van der Waals surface area contributed by atoms with Crippen LogP contribution in [0.5, 0.6) is 0 Å². The fourth-order valence-corrected chi connectivity index (χ4v) is 5.68. The van der Waals surface area contributed by atoms with Gasteiger partial charge in [-0.1, -0.05) is 18.2 Å². The van der Waals surface area contributed by atoms with Gasteiger partial charge < -0.3 is 9.67 Å². The average Bonchev–Trinajstić information content (AvgIpc) is 3.15. The molecule has 0 amide bonds. The Labute approximate surface area is 161 Å². The second-order valence-corrected chi connectivity index (χ2v) is 9.51. The molecule has 0 saturated carbocycles. The molecule has 2 aromatic carbocycles. The van der Waals surface area contributed by atoms with Gasteiger partial charge in [-0.3, -0.25) is 0 Å². The first-order valence-electron chi connectivity index (χ1n) is 9.10. The summed E-state index contributed by atoms with van der Waals surface area (Å²) in [5.74, 6) is -0.567. The fourth-order valence-electron chi connectivity index (χ4n) is 3.82. The van der Waals surface area contributed by atoms with Crippen molar-refractivity contribution >= 4 is 20.9 Å². The lowest BCUT2D eigenvalue weighted by molar-refractivity contribution is 0.152. The summed E-state index contributed by atoms with van der Waals surface area (Å²) in [6.45, 7) is 0.0396. The van der Waals surface area contributed by atoms with Crippen molar-refractivity contribution in [2.75, 3.05) is 11.5 Å². The molecule has 1 fully saturated rings. The van der Waals surface area contributed by atoms with Crippen molar-refractivity contribution in [3.8, 4) is 0 Å². The molecule has 5 nitrogen and oxygen atoms in total. The van der Waals surface area contributed by atoms with E-state index in [2.05, 4.69) is 4.98 Å². The van der Waals surface area contributed by atoms with Crippen LogP contribution in [0.1, 0.15) is 23.9 Å². The summed E-state index contributed by atoms with van der Waals surface area (Å²) in [6.07, 6.45) is -0.142. The van der Waals surface area contributed by atoms with Crippen molar-refractivity contribution in [1.82, 2.24) is 9.55 Å². The van der Waals surface area contributed by atoms with Crippen LogP contribution in [-0.4, -0.2) is 34.6 Å². The Morgan fingerprint density at radius 3 is 2.71 bits per heavy atom. The number of para-hydroxylation sites is 2. The number of halogens is 2. The first-order valence-corrected chi connectivity index (χ1v) is 10.9. The number of aliphatic hydroxyl groups excluding tert-OH is 1. The van der Waals surface area contributed by atoms with Gasteiger partial charge in [0.25, 0.3) is 0 Å². The summed E-state index contributed by atoms with van der Waals surface area (Å²) < 4.78 is 52.6. The van der Waals surface area contributed by atoms with E-state index in [4.69, 9.17) is 0 Å². The van der Waals surface area contributed by atoms with E-state index < -0.39 is 27.6 Å². The highest BCUT2D eigenvalue weighted by atomic mass is 32.2. The van der Waals surface area contributed by atoms with Gasteiger partial charge in [0.05, 0.1) is 35.2 Å². The minimum Gasteiger partial charge on any atom is -0.386 e. The molecule has 1 aliphatic rings. The summed E-state index contributed by atoms with van der Waals surface area (Å²) in [7, 11) is -3.01. The Balaban J connectivity index is 1.67. The third kappa shape index (κ3) is 3.79. The van der Waals surface area contributed by atoms with Gasteiger partial charge in [-0.05, 0) is 30.5 Å². The minimum atomic E-state index is -3.01. The fraction of sp³-hybridized carbons (Fsp3) is 0.350. The predicted octanol–water partition coefficient (Wildman–Crippen LogP) is 3.03. The standard InChI is InChI=1S/C20H20F2N2O3S/c21-14-5-6-15(16(22)10-14)19(25)11-24-18-4-2-1-3-17(18)23-20(24)9-13-7-8-28(26,27)12-13/h1-6,10,13,19,25H,7-9,11-12H2/t13-,19+/m0/s1. The number of sulfone groups is 1. The number of hydrogen-bond acceptors (Lipinski definition) is 4. The van der Waals surface area contributed by atoms with E-state index in [0.29, 0.717) is 18.7 Å². The number of nitrogens with zero attached hydrogens (tertiary/aromatic N) is 2. The molecular weight excluding hydrogens is 386 g/mol. The topological polar surface area (TPSA) is 72.2 Å². The molecule has 1 saturated heterocycles. The van der Waals surface area contributed by atoms with E-state index in [-0.39, 0.29) is 29.5 Å². The maximum atomic E-state index is 14.1. The number of benzene rings is 2. The van der Waals surface area contributed by atoms with Crippen LogP contribution in [-0.2, 0) is 22.8 Å². The zero-order chi connectivity index (χ0) is 19.9. The third-order valence-electron chi connectivity index (χ3n) is 5.21. The molecule has 3 aromatic rings. The van der Waals surface area contributed by atoms with Gasteiger partial charge in [0.2, 0.25) is 0 Å². The van der Waals surface area contributed by atoms with Crippen molar-refractivity contribution in [3.63, 3.8) is 0 Å². The number of hydrogen-bond donors (Lipinski definition) is 1. The first kappa shape index (κ1) is 19.0. The summed E-state index contributed by atoms with van der Waals surface area (Å²) in [4.78, 5) is 4.61. The molecule has 0 unspecified atom stereocenters. The minimum absolute atomic E-state index is 0.00794. The van der Waals surface area contributed by atoms with Crippen LogP contribution >= 0.6 is 0 Å². The Kier molecular flexibility index (Phi) is 4.93. The van der Waals surface area contributed by atoms with Gasteiger partial charge in [0, 0.05) is 18.1 Å². The molecule has 2 atom stereocenters. The molecule has 0 aliphatic carbocycles. The van der Waals surface area contributed by atoms with Crippen LogP contribution in [0.3, 0.4) is 0 Å². The lowest BCUT2D eigenvalue weighted by Gasteiger charge is -2.17. The van der Waals surface area contributed by atoms with Gasteiger partial charge in [0.1, 0.15) is 17.5 Å². The Bertz CT molecular complexity index is 1130. The van der Waals surface area contributed by atoms with Crippen molar-refractivity contribution in [3.05, 3.63) is 65.5 Å². The van der Waals surface area contributed by atoms with Crippen LogP contribution in [0.2, 0.25) is 0 Å². The van der Waals surface area contributed by atoms with Crippen LogP contribution in [0, 0.1) is 17.6 Å². The van der Waals surface area contributed by atoms with Crippen LogP contribution in [0.25, 0.3) is 11.0 Å². The highest BCUT2D eigenvalue weighted by Crippen LogP contribution is 2.27. The molecule has 148 valence electrons. The lowest BCUT2D eigenvalue weighted by atomic mass is 10.0. The van der Waals surface area contributed by atoms with Crippen LogP contribution in [0.15, 0.2) is 42.5 Å². The van der Waals surface area contributed by atoms with Crippen LogP contribution in [0.4, 0.5) is 8.78 Å². The Morgan fingerprint density at radius 2 is 2.00 bits per heavy atom. The molecule has 0 radical (unpaired) electrons. The lowest BCUT2D eigenvalue weighted by Crippen LogP contribution is -2.16. The zero-order valence-electron chi connectivity index (χ0n) is 15.1. The van der Waals surface area contributed by atoms with E-state index in [1.54, 1.807) is 4.57 Å². The van der Waals surface area contributed by atoms with Gasteiger partial charge in [-0.15, -0.1) is 0 Å². The highest BCUT2D eigenvalue weighted by molar-refractivity contribution is 7.91. The molecule has 8 heteroatoms. The van der Waals surface area contributed by atoms with Gasteiger partial charge in [-0.25, -0.2) is 22.2 Å². The second kappa shape index (κ2) is 7.25. The molecular formula is C20H20F2N2O3S. The van der Waals surface area contributed by atoms with E-state index in [0.717, 1.165) is 23.2 Å². The summed E-state index contributed by atoms with van der Waals surface area (Å²) in [6, 6.07) is 10.5. The number of rotatable bonds is 5. The number of aromatic nitrogens is 2. The van der Waals surface area contributed by atoms with E-state index in [1.165, 1.54) is 6.07 Å². The summed E-state index contributed by atoms with van der Waals surface area (Å²) in [5, 5.41) is 10.6. The van der Waals surface area contributed by atoms with Crippen molar-refractivity contribution in [2.45, 2.75) is 25.5 Å². The summed E-state index contributed by atoms with van der Waals surface area (Å²) in [5.41, 5.74) is 1.51. The third-order valence-corrected chi connectivity index (χ3v) is 7.05. The van der Waals surface area contributed by atoms with Gasteiger partial charge in [0.15, 0.2) is 9.84 Å². The largest absolute Gasteiger partial charge is 0.386 e. The molecule has 1 aromatic heterocycles. The smallest absolute Gasteiger partial charge is 0.150 e. The molecule has 2 heterocycles. The number of aliphatic hydroxyl groups is 1. The number of fused-ring (bicyclic) bond motifs is 1. The quantitative estimate of drug-likeness (QED) is 0.707. The second-order valence-electron chi connectivity index (χ2n) is 7.28. The first-order chi connectivity index (χ1) is 13.3. The molecule has 4 rings (SSSR count). The van der Waals surface area contributed by atoms with Gasteiger partial charge in [-0.2, -0.15) is 0 Å². The monoisotopic (exact) mass is 406 g/mol. The van der Waals surface area contributed by atoms with E-state index >= 15 is 0 Å². The van der Waals surface area contributed by atoms with Crippen molar-refractivity contribution in [2.24, 2.45) is 5.92 Å². The highest BCUT2D eigenvalue weighted by Gasteiger charge is 2.29. The maximum absolute atomic E-state index is 14.1. The van der Waals surface area contributed by atoms with E-state index in [1.807, 2.05) is 24.3 Å². The Hall–Kier alpha value is -2.32. The maximum Gasteiger partial charge on any atom is 0.150 e. The van der Waals surface area contributed by atoms with Gasteiger partial charge >= 0.3 is 0 Å². The summed E-state index contributed by atoms with van der Waals surface area (Å²) >= 11 is 0.